The Bertz CT molecular complexity index is 514. The van der Waals surface area contributed by atoms with Gasteiger partial charge in [-0.1, -0.05) is 36.4 Å². The first-order chi connectivity index (χ1) is 9.75. The number of nitrogens with one attached hydrogen (secondary N) is 1. The molecule has 3 nitrogen and oxygen atoms in total. The molecule has 2 N–H and O–H groups in total. The van der Waals surface area contributed by atoms with Crippen LogP contribution in [-0.2, 0) is 10.5 Å². The highest BCUT2D eigenvalue weighted by atomic mass is 32.2. The van der Waals surface area contributed by atoms with E-state index >= 15 is 0 Å². The lowest BCUT2D eigenvalue weighted by molar-refractivity contribution is -0.119. The first-order valence-corrected chi connectivity index (χ1v) is 8.39. The molecule has 0 aliphatic rings. The Morgan fingerprint density at radius 2 is 2.05 bits per heavy atom. The molecule has 106 valence electrons. The van der Waals surface area contributed by atoms with Crippen LogP contribution in [0.2, 0.25) is 0 Å². The third-order valence-corrected chi connectivity index (χ3v) is 4.69. The summed E-state index contributed by atoms with van der Waals surface area (Å²) in [5, 5.41) is 14.5. The quantitative estimate of drug-likeness (QED) is 0.827. The van der Waals surface area contributed by atoms with Crippen LogP contribution in [0.5, 0.6) is 0 Å². The number of hydrogen-bond acceptors (Lipinski definition) is 4. The summed E-state index contributed by atoms with van der Waals surface area (Å²) in [4.78, 5) is 12.5. The summed E-state index contributed by atoms with van der Waals surface area (Å²) in [5.74, 6) is 1.19. The predicted molar refractivity (Wildman–Crippen MR) is 84.9 cm³/mol. The second kappa shape index (κ2) is 8.09. The van der Waals surface area contributed by atoms with E-state index < -0.39 is 6.10 Å². The van der Waals surface area contributed by atoms with Gasteiger partial charge in [0.2, 0.25) is 5.91 Å². The zero-order valence-electron chi connectivity index (χ0n) is 11.0. The number of aliphatic hydroxyl groups excluding tert-OH is 1. The largest absolute Gasteiger partial charge is 0.386 e. The SMILES string of the molecule is O=C(CSCc1ccccc1)NCC(O)c1cccs1. The van der Waals surface area contributed by atoms with E-state index in [0.717, 1.165) is 10.6 Å². The van der Waals surface area contributed by atoms with Crippen molar-refractivity contribution in [1.82, 2.24) is 5.32 Å². The highest BCUT2D eigenvalue weighted by Gasteiger charge is 2.10. The normalized spacial score (nSPS) is 12.1. The molecule has 0 radical (unpaired) electrons. The standard InChI is InChI=1S/C15H17NO2S2/c17-13(14-7-4-8-20-14)9-16-15(18)11-19-10-12-5-2-1-3-6-12/h1-8,13,17H,9-11H2,(H,16,18). The number of rotatable bonds is 7. The van der Waals surface area contributed by atoms with E-state index in [2.05, 4.69) is 5.32 Å². The molecule has 1 aromatic carbocycles. The van der Waals surface area contributed by atoms with E-state index in [0.29, 0.717) is 5.75 Å². The van der Waals surface area contributed by atoms with Gasteiger partial charge in [-0.25, -0.2) is 0 Å². The molecular formula is C15H17NO2S2. The van der Waals surface area contributed by atoms with Gasteiger partial charge >= 0.3 is 0 Å². The van der Waals surface area contributed by atoms with Crippen LogP contribution in [0.25, 0.3) is 0 Å². The van der Waals surface area contributed by atoms with Crippen molar-refractivity contribution in [2.75, 3.05) is 12.3 Å². The van der Waals surface area contributed by atoms with Crippen LogP contribution in [0, 0.1) is 0 Å². The van der Waals surface area contributed by atoms with Crippen molar-refractivity contribution in [3.05, 3.63) is 58.3 Å². The van der Waals surface area contributed by atoms with Crippen molar-refractivity contribution in [2.45, 2.75) is 11.9 Å². The highest BCUT2D eigenvalue weighted by molar-refractivity contribution is 7.99. The monoisotopic (exact) mass is 307 g/mol. The van der Waals surface area contributed by atoms with Crippen LogP contribution >= 0.6 is 23.1 Å². The number of carbonyl (C=O) groups is 1. The van der Waals surface area contributed by atoms with Gasteiger partial charge < -0.3 is 10.4 Å². The molecule has 0 aliphatic heterocycles. The minimum atomic E-state index is -0.613. The van der Waals surface area contributed by atoms with Gasteiger partial charge in [-0.3, -0.25) is 4.79 Å². The highest BCUT2D eigenvalue weighted by Crippen LogP contribution is 2.17. The predicted octanol–water partition coefficient (Wildman–Crippen LogP) is 2.83. The Kier molecular flexibility index (Phi) is 6.11. The van der Waals surface area contributed by atoms with Crippen molar-refractivity contribution in [1.29, 1.82) is 0 Å². The minimum Gasteiger partial charge on any atom is -0.386 e. The molecule has 0 fully saturated rings. The van der Waals surface area contributed by atoms with Crippen LogP contribution in [0.4, 0.5) is 0 Å². The average molecular weight is 307 g/mol. The van der Waals surface area contributed by atoms with Gasteiger partial charge in [0.15, 0.2) is 0 Å². The lowest BCUT2D eigenvalue weighted by atomic mass is 10.2. The third kappa shape index (κ3) is 5.00. The molecule has 1 unspecified atom stereocenters. The van der Waals surface area contributed by atoms with Crippen molar-refractivity contribution >= 4 is 29.0 Å². The van der Waals surface area contributed by atoms with Gasteiger partial charge in [0.05, 0.1) is 5.75 Å². The molecule has 1 atom stereocenters. The minimum absolute atomic E-state index is 0.0402. The number of benzene rings is 1. The Morgan fingerprint density at radius 3 is 2.75 bits per heavy atom. The fourth-order valence-corrected chi connectivity index (χ4v) is 3.21. The fourth-order valence-electron chi connectivity index (χ4n) is 1.68. The smallest absolute Gasteiger partial charge is 0.230 e. The summed E-state index contributed by atoms with van der Waals surface area (Å²) in [7, 11) is 0. The summed E-state index contributed by atoms with van der Waals surface area (Å²) in [5.41, 5.74) is 1.21. The molecule has 5 heteroatoms. The van der Waals surface area contributed by atoms with Gasteiger partial charge in [-0.2, -0.15) is 0 Å². The topological polar surface area (TPSA) is 49.3 Å². The van der Waals surface area contributed by atoms with Gasteiger partial charge in [-0.15, -0.1) is 23.1 Å². The van der Waals surface area contributed by atoms with Crippen molar-refractivity contribution in [3.8, 4) is 0 Å². The van der Waals surface area contributed by atoms with E-state index in [-0.39, 0.29) is 12.5 Å². The van der Waals surface area contributed by atoms with Crippen LogP contribution < -0.4 is 5.32 Å². The maximum absolute atomic E-state index is 11.7. The fraction of sp³-hybridized carbons (Fsp3) is 0.267. The molecule has 1 amide bonds. The molecule has 0 saturated heterocycles. The molecule has 2 aromatic rings. The average Bonchev–Trinajstić information content (AvgIpc) is 3.00. The van der Waals surface area contributed by atoms with E-state index in [1.807, 2.05) is 47.8 Å². The number of thiophene rings is 1. The van der Waals surface area contributed by atoms with Crippen LogP contribution in [0.1, 0.15) is 16.5 Å². The van der Waals surface area contributed by atoms with Gasteiger partial charge in [0, 0.05) is 17.2 Å². The second-order valence-corrected chi connectivity index (χ2v) is 6.28. The summed E-state index contributed by atoms with van der Waals surface area (Å²) in [6.45, 7) is 0.269. The lowest BCUT2D eigenvalue weighted by Crippen LogP contribution is -2.29. The van der Waals surface area contributed by atoms with Crippen LogP contribution in [-0.4, -0.2) is 23.3 Å². The Morgan fingerprint density at radius 1 is 1.25 bits per heavy atom. The lowest BCUT2D eigenvalue weighted by Gasteiger charge is -2.10. The molecular weight excluding hydrogens is 290 g/mol. The van der Waals surface area contributed by atoms with Gasteiger partial charge in [-0.05, 0) is 17.0 Å². The Labute approximate surface area is 127 Å². The number of amides is 1. The molecule has 1 aromatic heterocycles. The molecule has 0 spiro atoms. The summed E-state index contributed by atoms with van der Waals surface area (Å²) in [6, 6.07) is 13.8. The number of aliphatic hydroxyl groups is 1. The molecule has 0 saturated carbocycles. The van der Waals surface area contributed by atoms with Gasteiger partial charge in [0.25, 0.3) is 0 Å². The van der Waals surface area contributed by atoms with E-state index in [1.54, 1.807) is 11.8 Å². The van der Waals surface area contributed by atoms with Crippen molar-refractivity contribution in [3.63, 3.8) is 0 Å². The molecule has 0 aliphatic carbocycles. The molecule has 1 heterocycles. The zero-order chi connectivity index (χ0) is 14.2. The second-order valence-electron chi connectivity index (χ2n) is 4.31. The van der Waals surface area contributed by atoms with Crippen molar-refractivity contribution < 1.29 is 9.90 Å². The maximum atomic E-state index is 11.7. The van der Waals surface area contributed by atoms with E-state index in [1.165, 1.54) is 16.9 Å². The van der Waals surface area contributed by atoms with Crippen molar-refractivity contribution in [2.24, 2.45) is 0 Å². The molecule has 20 heavy (non-hydrogen) atoms. The summed E-state index contributed by atoms with van der Waals surface area (Å²) < 4.78 is 0. The van der Waals surface area contributed by atoms with Crippen LogP contribution in [0.15, 0.2) is 47.8 Å². The number of thioether (sulfide) groups is 1. The van der Waals surface area contributed by atoms with E-state index in [4.69, 9.17) is 0 Å². The summed E-state index contributed by atoms with van der Waals surface area (Å²) in [6.07, 6.45) is -0.613. The summed E-state index contributed by atoms with van der Waals surface area (Å²) >= 11 is 3.06. The number of carbonyl (C=O) groups excluding carboxylic acids is 1. The first-order valence-electron chi connectivity index (χ1n) is 6.35. The third-order valence-electron chi connectivity index (χ3n) is 2.71. The Balaban J connectivity index is 1.63. The Hall–Kier alpha value is -1.30. The maximum Gasteiger partial charge on any atom is 0.230 e. The van der Waals surface area contributed by atoms with E-state index in [9.17, 15) is 9.90 Å². The van der Waals surface area contributed by atoms with Crippen LogP contribution in [0.3, 0.4) is 0 Å². The molecule has 2 rings (SSSR count). The molecule has 0 bridgehead atoms. The zero-order valence-corrected chi connectivity index (χ0v) is 12.6. The van der Waals surface area contributed by atoms with Gasteiger partial charge in [0.1, 0.15) is 6.10 Å². The number of hydrogen-bond donors (Lipinski definition) is 2. The first kappa shape index (κ1) is 15.1.